The molecule has 2 unspecified atom stereocenters. The fourth-order valence-electron chi connectivity index (χ4n) is 2.97. The molecule has 2 aromatic rings. The van der Waals surface area contributed by atoms with Gasteiger partial charge in [-0.05, 0) is 37.3 Å². The van der Waals surface area contributed by atoms with Gasteiger partial charge >= 0.3 is 0 Å². The summed E-state index contributed by atoms with van der Waals surface area (Å²) in [7, 11) is 0. The molecule has 0 aliphatic heterocycles. The van der Waals surface area contributed by atoms with Gasteiger partial charge in [-0.25, -0.2) is 0 Å². The van der Waals surface area contributed by atoms with Gasteiger partial charge in [-0.15, -0.1) is 0 Å². The zero-order chi connectivity index (χ0) is 13.9. The van der Waals surface area contributed by atoms with Crippen LogP contribution in [0.2, 0.25) is 0 Å². The summed E-state index contributed by atoms with van der Waals surface area (Å²) in [5, 5.41) is 10.2. The number of pyridine rings is 1. The van der Waals surface area contributed by atoms with Crippen molar-refractivity contribution in [1.29, 1.82) is 5.26 Å². The standard InChI is InChI=1S/C17H18N2O/c1-12-5-4-6-14(9-12)20-17-13(10-18)11-19-16-8-3-2-7-15(16)17/h2-3,7-8,11-12,14H,4-6,9H2,1H3. The summed E-state index contributed by atoms with van der Waals surface area (Å²) >= 11 is 0. The maximum absolute atomic E-state index is 9.29. The van der Waals surface area contributed by atoms with Gasteiger partial charge in [-0.3, -0.25) is 4.98 Å². The number of aromatic nitrogens is 1. The number of hydrogen-bond acceptors (Lipinski definition) is 3. The molecule has 2 atom stereocenters. The average molecular weight is 266 g/mol. The van der Waals surface area contributed by atoms with Gasteiger partial charge in [0.1, 0.15) is 17.4 Å². The molecule has 1 saturated carbocycles. The van der Waals surface area contributed by atoms with Crippen molar-refractivity contribution in [3.05, 3.63) is 36.0 Å². The van der Waals surface area contributed by atoms with Gasteiger partial charge < -0.3 is 4.74 Å². The second-order valence-electron chi connectivity index (χ2n) is 5.64. The van der Waals surface area contributed by atoms with E-state index in [0.29, 0.717) is 17.2 Å². The van der Waals surface area contributed by atoms with E-state index in [1.54, 1.807) is 6.20 Å². The fourth-order valence-corrected chi connectivity index (χ4v) is 2.97. The first-order valence-corrected chi connectivity index (χ1v) is 7.22. The third-order valence-corrected chi connectivity index (χ3v) is 4.02. The molecule has 0 spiro atoms. The number of nitrogens with zero attached hydrogens (tertiary/aromatic N) is 2. The first kappa shape index (κ1) is 12.9. The third kappa shape index (κ3) is 2.46. The number of fused-ring (bicyclic) bond motifs is 1. The van der Waals surface area contributed by atoms with Crippen molar-refractivity contribution >= 4 is 10.9 Å². The van der Waals surface area contributed by atoms with Crippen molar-refractivity contribution in [3.63, 3.8) is 0 Å². The lowest BCUT2D eigenvalue weighted by molar-refractivity contribution is 0.130. The van der Waals surface area contributed by atoms with Crippen molar-refractivity contribution in [3.8, 4) is 11.8 Å². The van der Waals surface area contributed by atoms with Crippen molar-refractivity contribution in [2.24, 2.45) is 5.92 Å². The highest BCUT2D eigenvalue weighted by molar-refractivity contribution is 5.87. The molecule has 102 valence electrons. The van der Waals surface area contributed by atoms with Gasteiger partial charge in [-0.2, -0.15) is 5.26 Å². The minimum absolute atomic E-state index is 0.219. The molecule has 3 rings (SSSR count). The van der Waals surface area contributed by atoms with Gasteiger partial charge in [0.25, 0.3) is 0 Å². The summed E-state index contributed by atoms with van der Waals surface area (Å²) in [6.07, 6.45) is 6.47. The number of benzene rings is 1. The summed E-state index contributed by atoms with van der Waals surface area (Å²) in [6.45, 7) is 2.27. The number of nitriles is 1. The van der Waals surface area contributed by atoms with E-state index < -0.39 is 0 Å². The molecule has 20 heavy (non-hydrogen) atoms. The lowest BCUT2D eigenvalue weighted by Gasteiger charge is -2.28. The molecular formula is C17H18N2O. The molecule has 1 fully saturated rings. The third-order valence-electron chi connectivity index (χ3n) is 4.02. The van der Waals surface area contributed by atoms with Crippen LogP contribution in [0.15, 0.2) is 30.5 Å². The number of para-hydroxylation sites is 1. The SMILES string of the molecule is CC1CCCC(Oc2c(C#N)cnc3ccccc23)C1. The van der Waals surface area contributed by atoms with Crippen LogP contribution in [0, 0.1) is 17.2 Å². The topological polar surface area (TPSA) is 45.9 Å². The van der Waals surface area contributed by atoms with Crippen molar-refractivity contribution in [2.75, 3.05) is 0 Å². The Balaban J connectivity index is 1.98. The summed E-state index contributed by atoms with van der Waals surface area (Å²) < 4.78 is 6.20. The molecule has 1 heterocycles. The van der Waals surface area contributed by atoms with Crippen LogP contribution in [-0.4, -0.2) is 11.1 Å². The Kier molecular flexibility index (Phi) is 3.56. The van der Waals surface area contributed by atoms with Crippen molar-refractivity contribution < 1.29 is 4.74 Å². The maximum Gasteiger partial charge on any atom is 0.148 e. The van der Waals surface area contributed by atoms with E-state index >= 15 is 0 Å². The number of hydrogen-bond donors (Lipinski definition) is 0. The monoisotopic (exact) mass is 266 g/mol. The Hall–Kier alpha value is -2.08. The summed E-state index contributed by atoms with van der Waals surface area (Å²) in [5.41, 5.74) is 1.41. The number of rotatable bonds is 2. The van der Waals surface area contributed by atoms with Gasteiger partial charge in [0, 0.05) is 11.6 Å². The first-order chi connectivity index (χ1) is 9.78. The Bertz CT molecular complexity index is 660. The highest BCUT2D eigenvalue weighted by Crippen LogP contribution is 2.33. The Morgan fingerprint density at radius 3 is 2.95 bits per heavy atom. The van der Waals surface area contributed by atoms with Gasteiger partial charge in [-0.1, -0.05) is 25.5 Å². The van der Waals surface area contributed by atoms with E-state index in [2.05, 4.69) is 18.0 Å². The Morgan fingerprint density at radius 1 is 1.30 bits per heavy atom. The molecule has 0 bridgehead atoms. The normalized spacial score (nSPS) is 22.4. The van der Waals surface area contributed by atoms with Crippen LogP contribution in [0.3, 0.4) is 0 Å². The van der Waals surface area contributed by atoms with Crippen molar-refractivity contribution in [1.82, 2.24) is 4.98 Å². The van der Waals surface area contributed by atoms with Gasteiger partial charge in [0.2, 0.25) is 0 Å². The first-order valence-electron chi connectivity index (χ1n) is 7.22. The maximum atomic E-state index is 9.29. The van der Waals surface area contributed by atoms with Crippen LogP contribution in [0.1, 0.15) is 38.2 Å². The molecule has 3 heteroatoms. The minimum Gasteiger partial charge on any atom is -0.488 e. The highest BCUT2D eigenvalue weighted by Gasteiger charge is 2.22. The van der Waals surface area contributed by atoms with Gasteiger partial charge in [0.15, 0.2) is 0 Å². The van der Waals surface area contributed by atoms with Crippen molar-refractivity contribution in [2.45, 2.75) is 38.7 Å². The van der Waals surface area contributed by atoms with Crippen LogP contribution in [0.5, 0.6) is 5.75 Å². The smallest absolute Gasteiger partial charge is 0.148 e. The van der Waals surface area contributed by atoms with E-state index in [-0.39, 0.29) is 6.10 Å². The molecule has 0 radical (unpaired) electrons. The zero-order valence-electron chi connectivity index (χ0n) is 11.7. The second-order valence-corrected chi connectivity index (χ2v) is 5.64. The average Bonchev–Trinajstić information content (AvgIpc) is 2.48. The predicted molar refractivity (Wildman–Crippen MR) is 78.5 cm³/mol. The lowest BCUT2D eigenvalue weighted by Crippen LogP contribution is -2.24. The van der Waals surface area contributed by atoms with E-state index in [0.717, 1.165) is 23.7 Å². The van der Waals surface area contributed by atoms with Crippen LogP contribution in [0.25, 0.3) is 10.9 Å². The molecule has 3 nitrogen and oxygen atoms in total. The van der Waals surface area contributed by atoms with E-state index in [1.165, 1.54) is 12.8 Å². The lowest BCUT2D eigenvalue weighted by atomic mass is 9.88. The van der Waals surface area contributed by atoms with Crippen LogP contribution in [0.4, 0.5) is 0 Å². The quantitative estimate of drug-likeness (QED) is 0.823. The molecule has 1 aromatic heterocycles. The highest BCUT2D eigenvalue weighted by atomic mass is 16.5. The van der Waals surface area contributed by atoms with Crippen LogP contribution >= 0.6 is 0 Å². The zero-order valence-corrected chi connectivity index (χ0v) is 11.7. The van der Waals surface area contributed by atoms with E-state index in [1.807, 2.05) is 24.3 Å². The van der Waals surface area contributed by atoms with Crippen LogP contribution < -0.4 is 4.74 Å². The Labute approximate surface area is 119 Å². The van der Waals surface area contributed by atoms with Crippen LogP contribution in [-0.2, 0) is 0 Å². The predicted octanol–water partition coefficient (Wildman–Crippen LogP) is 4.06. The number of ether oxygens (including phenoxy) is 1. The largest absolute Gasteiger partial charge is 0.488 e. The molecule has 0 saturated heterocycles. The molecule has 1 aliphatic carbocycles. The molecule has 0 amide bonds. The molecule has 1 aromatic carbocycles. The molecule has 1 aliphatic rings. The second kappa shape index (κ2) is 5.50. The fraction of sp³-hybridized carbons (Fsp3) is 0.412. The molecule has 0 N–H and O–H groups in total. The minimum atomic E-state index is 0.219. The van der Waals surface area contributed by atoms with Gasteiger partial charge in [0.05, 0.1) is 11.6 Å². The summed E-state index contributed by atoms with van der Waals surface area (Å²) in [4.78, 5) is 4.32. The molecular weight excluding hydrogens is 248 g/mol. The van der Waals surface area contributed by atoms with E-state index in [4.69, 9.17) is 4.74 Å². The Morgan fingerprint density at radius 2 is 2.15 bits per heavy atom. The van der Waals surface area contributed by atoms with E-state index in [9.17, 15) is 5.26 Å². The summed E-state index contributed by atoms with van der Waals surface area (Å²) in [5.74, 6) is 1.41. The summed E-state index contributed by atoms with van der Waals surface area (Å²) in [6, 6.07) is 10.0.